The summed E-state index contributed by atoms with van der Waals surface area (Å²) in [6.07, 6.45) is 1.88. The fourth-order valence-electron chi connectivity index (χ4n) is 3.23. The number of carbonyl (C=O) groups excluding carboxylic acids is 1. The molecule has 0 radical (unpaired) electrons. The number of hydrogen-bond donors (Lipinski definition) is 1. The van der Waals surface area contributed by atoms with Gasteiger partial charge in [-0.05, 0) is 56.2 Å². The minimum Gasteiger partial charge on any atom is -0.495 e. The highest BCUT2D eigenvalue weighted by atomic mass is 35.5. The van der Waals surface area contributed by atoms with Gasteiger partial charge in [0.15, 0.2) is 6.10 Å². The Morgan fingerprint density at radius 3 is 2.53 bits per heavy atom. The molecule has 0 aromatic heterocycles. The van der Waals surface area contributed by atoms with Crippen molar-refractivity contribution in [2.75, 3.05) is 25.5 Å². The van der Waals surface area contributed by atoms with Crippen LogP contribution in [-0.4, -0.2) is 44.9 Å². The zero-order valence-electron chi connectivity index (χ0n) is 16.9. The van der Waals surface area contributed by atoms with E-state index in [1.165, 1.54) is 29.6 Å². The van der Waals surface area contributed by atoms with Crippen molar-refractivity contribution in [3.8, 4) is 11.5 Å². The van der Waals surface area contributed by atoms with Crippen LogP contribution in [0.2, 0.25) is 5.02 Å². The summed E-state index contributed by atoms with van der Waals surface area (Å²) in [6.45, 7) is 2.60. The van der Waals surface area contributed by atoms with Crippen molar-refractivity contribution < 1.29 is 22.7 Å². The maximum atomic E-state index is 13.0. The molecule has 7 nitrogen and oxygen atoms in total. The molecule has 1 saturated heterocycles. The van der Waals surface area contributed by atoms with Crippen LogP contribution in [0.25, 0.3) is 0 Å². The van der Waals surface area contributed by atoms with Gasteiger partial charge >= 0.3 is 0 Å². The molecule has 30 heavy (non-hydrogen) atoms. The topological polar surface area (TPSA) is 84.9 Å². The molecule has 0 saturated carbocycles. The van der Waals surface area contributed by atoms with Gasteiger partial charge in [0, 0.05) is 18.1 Å². The average Bonchev–Trinajstić information content (AvgIpc) is 2.74. The molecule has 1 aliphatic rings. The van der Waals surface area contributed by atoms with Gasteiger partial charge in [0.1, 0.15) is 11.5 Å². The Hall–Kier alpha value is -2.29. The maximum absolute atomic E-state index is 13.0. The number of nitrogens with zero attached hydrogens (tertiary/aromatic N) is 1. The smallest absolute Gasteiger partial charge is 0.265 e. The number of piperidine rings is 1. The summed E-state index contributed by atoms with van der Waals surface area (Å²) in [7, 11) is -2.18. The van der Waals surface area contributed by atoms with Crippen LogP contribution >= 0.6 is 11.6 Å². The second-order valence-corrected chi connectivity index (χ2v) is 9.41. The Kier molecular flexibility index (Phi) is 7.23. The first-order valence-corrected chi connectivity index (χ1v) is 11.5. The second kappa shape index (κ2) is 9.68. The Morgan fingerprint density at radius 1 is 1.13 bits per heavy atom. The van der Waals surface area contributed by atoms with E-state index in [1.807, 2.05) is 0 Å². The number of methoxy groups -OCH3 is 1. The molecule has 2 aromatic carbocycles. The molecule has 1 atom stereocenters. The molecule has 0 bridgehead atoms. The molecule has 1 aliphatic heterocycles. The van der Waals surface area contributed by atoms with Crippen molar-refractivity contribution >= 4 is 33.2 Å². The predicted octanol–water partition coefficient (Wildman–Crippen LogP) is 3.93. The Bertz CT molecular complexity index is 1010. The van der Waals surface area contributed by atoms with E-state index in [0.717, 1.165) is 19.3 Å². The standard InChI is InChI=1S/C21H25ClN2O5S/c1-15(29-17-8-6-7-16(22)13-17)21(25)23-19-14-18(9-10-20(19)28-2)30(26,27)24-11-4-3-5-12-24/h6-10,13-15H,3-5,11-12H2,1-2H3,(H,23,25). The van der Waals surface area contributed by atoms with Gasteiger partial charge in [-0.3, -0.25) is 4.79 Å². The van der Waals surface area contributed by atoms with E-state index in [9.17, 15) is 13.2 Å². The predicted molar refractivity (Wildman–Crippen MR) is 116 cm³/mol. The third-order valence-electron chi connectivity index (χ3n) is 4.86. The van der Waals surface area contributed by atoms with Crippen LogP contribution in [0.4, 0.5) is 5.69 Å². The zero-order valence-corrected chi connectivity index (χ0v) is 18.5. The summed E-state index contributed by atoms with van der Waals surface area (Å²) < 4.78 is 38.3. The molecule has 2 aromatic rings. The number of nitrogens with one attached hydrogen (secondary N) is 1. The number of ether oxygens (including phenoxy) is 2. The quantitative estimate of drug-likeness (QED) is 0.688. The van der Waals surface area contributed by atoms with Crippen LogP contribution in [0.1, 0.15) is 26.2 Å². The number of hydrogen-bond acceptors (Lipinski definition) is 5. The van der Waals surface area contributed by atoms with E-state index in [4.69, 9.17) is 21.1 Å². The molecule has 0 aliphatic carbocycles. The minimum atomic E-state index is -3.64. The summed E-state index contributed by atoms with van der Waals surface area (Å²) in [5.41, 5.74) is 0.266. The average molecular weight is 453 g/mol. The highest BCUT2D eigenvalue weighted by Crippen LogP contribution is 2.30. The van der Waals surface area contributed by atoms with Crippen molar-refractivity contribution in [2.45, 2.75) is 37.2 Å². The van der Waals surface area contributed by atoms with Gasteiger partial charge in [-0.15, -0.1) is 0 Å². The highest BCUT2D eigenvalue weighted by molar-refractivity contribution is 7.89. The van der Waals surface area contributed by atoms with Gasteiger partial charge < -0.3 is 14.8 Å². The second-order valence-electron chi connectivity index (χ2n) is 7.03. The number of sulfonamides is 1. The number of rotatable bonds is 7. The summed E-state index contributed by atoms with van der Waals surface area (Å²) in [5.74, 6) is 0.371. The first kappa shape index (κ1) is 22.4. The lowest BCUT2D eigenvalue weighted by molar-refractivity contribution is -0.122. The SMILES string of the molecule is COc1ccc(S(=O)(=O)N2CCCCC2)cc1NC(=O)C(C)Oc1cccc(Cl)c1. The van der Waals surface area contributed by atoms with Gasteiger partial charge in [-0.25, -0.2) is 8.42 Å². The number of benzene rings is 2. The molecular weight excluding hydrogens is 428 g/mol. The Morgan fingerprint density at radius 2 is 1.87 bits per heavy atom. The monoisotopic (exact) mass is 452 g/mol. The van der Waals surface area contributed by atoms with Gasteiger partial charge in [0.25, 0.3) is 5.91 Å². The number of halogens is 1. The van der Waals surface area contributed by atoms with Crippen molar-refractivity contribution in [2.24, 2.45) is 0 Å². The Labute approximate surface area is 182 Å². The lowest BCUT2D eigenvalue weighted by atomic mass is 10.2. The Balaban J connectivity index is 1.78. The van der Waals surface area contributed by atoms with E-state index in [1.54, 1.807) is 31.2 Å². The van der Waals surface area contributed by atoms with Crippen LogP contribution in [0.3, 0.4) is 0 Å². The van der Waals surface area contributed by atoms with Gasteiger partial charge in [-0.2, -0.15) is 4.31 Å². The maximum Gasteiger partial charge on any atom is 0.265 e. The number of anilines is 1. The lowest BCUT2D eigenvalue weighted by Crippen LogP contribution is -2.35. The van der Waals surface area contributed by atoms with Gasteiger partial charge in [0.2, 0.25) is 10.0 Å². The molecule has 3 rings (SSSR count). The van der Waals surface area contributed by atoms with Crippen LogP contribution in [0, 0.1) is 0 Å². The van der Waals surface area contributed by atoms with Crippen molar-refractivity contribution in [3.63, 3.8) is 0 Å². The van der Waals surface area contributed by atoms with E-state index in [-0.39, 0.29) is 10.6 Å². The normalized spacial score (nSPS) is 16.0. The van der Waals surface area contributed by atoms with E-state index < -0.39 is 22.0 Å². The molecule has 1 fully saturated rings. The zero-order chi connectivity index (χ0) is 21.7. The fourth-order valence-corrected chi connectivity index (χ4v) is 4.96. The number of carbonyl (C=O) groups is 1. The van der Waals surface area contributed by atoms with Crippen LogP contribution in [0.5, 0.6) is 11.5 Å². The summed E-state index contributed by atoms with van der Waals surface area (Å²) in [4.78, 5) is 12.8. The van der Waals surface area contributed by atoms with Crippen LogP contribution < -0.4 is 14.8 Å². The van der Waals surface area contributed by atoms with Gasteiger partial charge in [0.05, 0.1) is 17.7 Å². The molecule has 1 heterocycles. The van der Waals surface area contributed by atoms with Crippen molar-refractivity contribution in [3.05, 3.63) is 47.5 Å². The van der Waals surface area contributed by atoms with Crippen LogP contribution in [-0.2, 0) is 14.8 Å². The molecule has 162 valence electrons. The third kappa shape index (κ3) is 5.24. The van der Waals surface area contributed by atoms with E-state index >= 15 is 0 Å². The van der Waals surface area contributed by atoms with Crippen molar-refractivity contribution in [1.82, 2.24) is 4.31 Å². The molecule has 0 spiro atoms. The molecule has 1 N–H and O–H groups in total. The lowest BCUT2D eigenvalue weighted by Gasteiger charge is -2.26. The third-order valence-corrected chi connectivity index (χ3v) is 6.99. The highest BCUT2D eigenvalue weighted by Gasteiger charge is 2.27. The molecule has 1 amide bonds. The van der Waals surface area contributed by atoms with Crippen molar-refractivity contribution in [1.29, 1.82) is 0 Å². The molecular formula is C21H25ClN2O5S. The summed E-state index contributed by atoms with van der Waals surface area (Å²) >= 11 is 5.94. The number of amides is 1. The van der Waals surface area contributed by atoms with Crippen LogP contribution in [0.15, 0.2) is 47.4 Å². The van der Waals surface area contributed by atoms with E-state index in [2.05, 4.69) is 5.32 Å². The van der Waals surface area contributed by atoms with E-state index in [0.29, 0.717) is 29.6 Å². The largest absolute Gasteiger partial charge is 0.495 e. The fraction of sp³-hybridized carbons (Fsp3) is 0.381. The minimum absolute atomic E-state index is 0.115. The summed E-state index contributed by atoms with van der Waals surface area (Å²) in [5, 5.41) is 3.20. The first-order valence-electron chi connectivity index (χ1n) is 9.72. The molecule has 9 heteroatoms. The molecule has 1 unspecified atom stereocenters. The summed E-state index contributed by atoms with van der Waals surface area (Å²) in [6, 6.07) is 11.2. The first-order chi connectivity index (χ1) is 14.3. The van der Waals surface area contributed by atoms with Gasteiger partial charge in [-0.1, -0.05) is 24.1 Å².